The molecule has 5 heterocycles. The number of nitrogens with two attached hydrogens (primary N) is 1. The van der Waals surface area contributed by atoms with Crippen LogP contribution in [-0.2, 0) is 79.5 Å². The number of hydrogen-bond acceptors (Lipinski definition) is 15. The van der Waals surface area contributed by atoms with Crippen molar-refractivity contribution in [2.75, 3.05) is 59.0 Å². The number of benzene rings is 2. The third-order valence-electron chi connectivity index (χ3n) is 14.8. The van der Waals surface area contributed by atoms with E-state index in [1.165, 1.54) is 22.8 Å². The summed E-state index contributed by atoms with van der Waals surface area (Å²) in [7, 11) is 0. The van der Waals surface area contributed by atoms with Crippen LogP contribution in [-0.4, -0.2) is 153 Å². The molecule has 8 rings (SSSR count). The van der Waals surface area contributed by atoms with Gasteiger partial charge in [0.05, 0.1) is 67.8 Å². The van der Waals surface area contributed by atoms with Gasteiger partial charge in [-0.1, -0.05) is 43.7 Å². The molecule has 0 saturated heterocycles. The number of fused-ring (bicyclic) bond motifs is 5. The van der Waals surface area contributed by atoms with Gasteiger partial charge < -0.3 is 51.4 Å². The monoisotopic (exact) mass is 1090 g/mol. The third-order valence-corrected chi connectivity index (χ3v) is 14.8. The summed E-state index contributed by atoms with van der Waals surface area (Å²) in [5, 5.41) is 32.9. The standard InChI is InChI=1S/C55H63FN10O13/c1-3-55(78)36-23-41-51-34(27-66(41)52(75)35(36)30-79-54(55)77)50-38(14-13-33-31(2)37(56)24-39(62-51)49(33)50)60-46(72)29-63(20-21-67)18-19-64(28-42(57)68)53(76)40(22-32-10-6-4-7-11-32)61-45(71)26-59-44(70)25-58-43(69)12-8-5-9-17-65-47(73)15-16-48(65)74/h4,6-7,10-11,15-16,23-24,38,40,67,78H,3,5,8-9,12-14,17-22,25-30H2,1-2H3,(H2,57,68)(H,58,69)(H,59,70)(H,60,72)(H,61,71)/t38-,40-,55-/m0/s1. The summed E-state index contributed by atoms with van der Waals surface area (Å²) >= 11 is 0. The summed E-state index contributed by atoms with van der Waals surface area (Å²) in [5.41, 5.74) is 7.23. The molecule has 4 aliphatic rings. The van der Waals surface area contributed by atoms with Gasteiger partial charge >= 0.3 is 5.97 Å². The van der Waals surface area contributed by atoms with Crippen LogP contribution in [0.2, 0.25) is 0 Å². The van der Waals surface area contributed by atoms with Crippen molar-refractivity contribution in [1.29, 1.82) is 0 Å². The number of cyclic esters (lactones) is 1. The molecule has 4 aromatic rings. The van der Waals surface area contributed by atoms with Crippen molar-refractivity contribution in [2.24, 2.45) is 5.73 Å². The van der Waals surface area contributed by atoms with Gasteiger partial charge in [-0.25, -0.2) is 14.2 Å². The quantitative estimate of drug-likeness (QED) is 0.0224. The average Bonchev–Trinajstić information content (AvgIpc) is 4.19. The molecule has 418 valence electrons. The van der Waals surface area contributed by atoms with Gasteiger partial charge in [0.1, 0.15) is 18.5 Å². The van der Waals surface area contributed by atoms with Crippen LogP contribution < -0.4 is 32.6 Å². The average molecular weight is 1090 g/mol. The molecule has 2 aromatic heterocycles. The zero-order valence-electron chi connectivity index (χ0n) is 43.9. The fraction of sp³-hybridized carbons (Fsp3) is 0.436. The molecule has 2 aromatic carbocycles. The minimum Gasteiger partial charge on any atom is -0.458 e. The Hall–Kier alpha value is -8.22. The summed E-state index contributed by atoms with van der Waals surface area (Å²) in [6.07, 6.45) is 4.58. The number of esters is 1. The maximum Gasteiger partial charge on any atom is 0.343 e. The van der Waals surface area contributed by atoms with Crippen molar-refractivity contribution in [3.8, 4) is 11.4 Å². The Labute approximate surface area is 452 Å². The molecular weight excluding hydrogens is 1030 g/mol. The van der Waals surface area contributed by atoms with E-state index >= 15 is 4.39 Å². The molecule has 0 bridgehead atoms. The number of aromatic nitrogens is 2. The number of aliphatic hydroxyl groups is 2. The maximum atomic E-state index is 15.6. The second-order valence-corrected chi connectivity index (χ2v) is 20.0. The first-order valence-electron chi connectivity index (χ1n) is 26.2. The largest absolute Gasteiger partial charge is 0.458 e. The lowest BCUT2D eigenvalue weighted by Gasteiger charge is -2.32. The van der Waals surface area contributed by atoms with E-state index < -0.39 is 96.7 Å². The summed E-state index contributed by atoms with van der Waals surface area (Å²) in [6.45, 7) is 0.599. The van der Waals surface area contributed by atoms with E-state index in [0.29, 0.717) is 76.7 Å². The van der Waals surface area contributed by atoms with Crippen LogP contribution in [0.4, 0.5) is 4.39 Å². The number of pyridine rings is 2. The number of amides is 8. The highest BCUT2D eigenvalue weighted by Gasteiger charge is 2.46. The van der Waals surface area contributed by atoms with Crippen molar-refractivity contribution >= 4 is 64.1 Å². The van der Waals surface area contributed by atoms with Crippen LogP contribution in [0.3, 0.4) is 0 Å². The molecule has 0 saturated carbocycles. The maximum absolute atomic E-state index is 15.6. The van der Waals surface area contributed by atoms with E-state index in [2.05, 4.69) is 21.3 Å². The Balaban J connectivity index is 0.917. The van der Waals surface area contributed by atoms with E-state index in [0.717, 1.165) is 9.80 Å². The van der Waals surface area contributed by atoms with E-state index in [1.54, 1.807) is 55.1 Å². The summed E-state index contributed by atoms with van der Waals surface area (Å²) in [6, 6.07) is 9.62. The van der Waals surface area contributed by atoms with Gasteiger partial charge in [0, 0.05) is 73.8 Å². The lowest BCUT2D eigenvalue weighted by molar-refractivity contribution is -0.172. The molecule has 0 radical (unpaired) electrons. The Morgan fingerprint density at radius 3 is 2.33 bits per heavy atom. The topological polar surface area (TPSA) is 322 Å². The zero-order chi connectivity index (χ0) is 56.7. The van der Waals surface area contributed by atoms with Gasteiger partial charge in [-0.15, -0.1) is 0 Å². The minimum atomic E-state index is -2.08. The Morgan fingerprint density at radius 2 is 1.62 bits per heavy atom. The molecule has 24 heteroatoms. The number of imide groups is 1. The number of halogens is 1. The fourth-order valence-corrected chi connectivity index (χ4v) is 10.7. The number of nitrogens with zero attached hydrogens (tertiary/aromatic N) is 5. The predicted molar refractivity (Wildman–Crippen MR) is 280 cm³/mol. The Bertz CT molecular complexity index is 3200. The van der Waals surface area contributed by atoms with E-state index in [4.69, 9.17) is 15.5 Å². The van der Waals surface area contributed by atoms with Crippen LogP contribution in [0, 0.1) is 12.7 Å². The normalized spacial score (nSPS) is 17.2. The smallest absolute Gasteiger partial charge is 0.343 e. The molecule has 23 nitrogen and oxygen atoms in total. The number of primary amides is 1. The first-order valence-corrected chi connectivity index (χ1v) is 26.2. The second-order valence-electron chi connectivity index (χ2n) is 20.0. The van der Waals surface area contributed by atoms with Crippen LogP contribution in [0.5, 0.6) is 0 Å². The van der Waals surface area contributed by atoms with Gasteiger partial charge in [0.25, 0.3) is 17.4 Å². The number of carbonyl (C=O) groups is 9. The molecular formula is C55H63FN10O13. The Kier molecular flexibility index (Phi) is 17.8. The fourth-order valence-electron chi connectivity index (χ4n) is 10.7. The number of nitrogens with one attached hydrogen (secondary N) is 4. The van der Waals surface area contributed by atoms with Crippen molar-refractivity contribution in [3.63, 3.8) is 0 Å². The number of aryl methyl sites for hydroxylation is 1. The SMILES string of the molecule is CC[C@@]1(O)C(=O)OCc2c1cc1n(c2=O)Cc2c-1nc1cc(F)c(C)c3c1c2[C@@H](NC(=O)CN(CCO)CCN(CC(N)=O)C(=O)[C@H](Cc1ccccc1)NC(=O)CNC(=O)CNC(=O)CCCCCN1C(=O)C=CC1=O)CC3. The van der Waals surface area contributed by atoms with Gasteiger partial charge in [-0.2, -0.15) is 0 Å². The number of hydrogen-bond donors (Lipinski definition) is 7. The molecule has 0 unspecified atom stereocenters. The lowest BCUT2D eigenvalue weighted by atomic mass is 9.81. The lowest BCUT2D eigenvalue weighted by Crippen LogP contribution is -2.55. The van der Waals surface area contributed by atoms with Crippen LogP contribution in [0.15, 0.2) is 59.4 Å². The van der Waals surface area contributed by atoms with E-state index in [9.17, 15) is 58.2 Å². The Morgan fingerprint density at radius 1 is 0.899 bits per heavy atom. The highest BCUT2D eigenvalue weighted by Crippen LogP contribution is 2.46. The van der Waals surface area contributed by atoms with Crippen molar-refractivity contribution in [1.82, 2.24) is 45.5 Å². The molecule has 79 heavy (non-hydrogen) atoms. The molecule has 1 aliphatic carbocycles. The van der Waals surface area contributed by atoms with Gasteiger partial charge in [0.15, 0.2) is 5.60 Å². The number of ether oxygens (including phenoxy) is 1. The van der Waals surface area contributed by atoms with E-state index in [1.807, 2.05) is 0 Å². The summed E-state index contributed by atoms with van der Waals surface area (Å²) in [4.78, 5) is 138. The molecule has 8 N–H and O–H groups in total. The summed E-state index contributed by atoms with van der Waals surface area (Å²) < 4.78 is 22.3. The molecule has 3 aliphatic heterocycles. The van der Waals surface area contributed by atoms with Crippen molar-refractivity contribution in [2.45, 2.75) is 96.1 Å². The third kappa shape index (κ3) is 12.6. The highest BCUT2D eigenvalue weighted by atomic mass is 19.1. The highest BCUT2D eigenvalue weighted by molar-refractivity contribution is 6.12. The molecule has 0 fully saturated rings. The number of aliphatic hydroxyl groups excluding tert-OH is 1. The van der Waals surface area contributed by atoms with Crippen molar-refractivity contribution in [3.05, 3.63) is 110 Å². The molecule has 3 atom stereocenters. The molecule has 8 amide bonds. The first-order chi connectivity index (χ1) is 37.8. The summed E-state index contributed by atoms with van der Waals surface area (Å²) in [5.74, 6) is -6.07. The predicted octanol–water partition coefficient (Wildman–Crippen LogP) is -0.316. The van der Waals surface area contributed by atoms with Crippen molar-refractivity contribution < 1.29 is 62.5 Å². The molecule has 0 spiro atoms. The van der Waals surface area contributed by atoms with E-state index in [-0.39, 0.29) is 93.6 Å². The zero-order valence-corrected chi connectivity index (χ0v) is 43.9. The number of carbonyl (C=O) groups excluding carboxylic acids is 9. The van der Waals surface area contributed by atoms with Crippen LogP contribution in [0.1, 0.15) is 90.4 Å². The van der Waals surface area contributed by atoms with Crippen LogP contribution >= 0.6 is 0 Å². The number of rotatable bonds is 25. The second kappa shape index (κ2) is 24.6. The van der Waals surface area contributed by atoms with Gasteiger partial charge in [-0.05, 0) is 67.3 Å². The minimum absolute atomic E-state index is 0.0225. The van der Waals surface area contributed by atoms with Crippen LogP contribution in [0.25, 0.3) is 22.3 Å². The van der Waals surface area contributed by atoms with Gasteiger partial charge in [-0.3, -0.25) is 53.0 Å². The number of unbranched alkanes of at least 4 members (excludes halogenated alkanes) is 2. The van der Waals surface area contributed by atoms with Gasteiger partial charge in [0.2, 0.25) is 35.4 Å². The first kappa shape index (κ1) is 57.0.